The molecule has 2 rings (SSSR count). The summed E-state index contributed by atoms with van der Waals surface area (Å²) in [6, 6.07) is 6.69. The van der Waals surface area contributed by atoms with Crippen molar-refractivity contribution in [2.75, 3.05) is 38.7 Å². The third-order valence-corrected chi connectivity index (χ3v) is 5.92. The number of hydrogen-bond acceptors (Lipinski definition) is 6. The van der Waals surface area contributed by atoms with Crippen LogP contribution in [-0.2, 0) is 20.7 Å². The molecule has 8 nitrogen and oxygen atoms in total. The molecule has 180 valence electrons. The zero-order chi connectivity index (χ0) is 24.1. The highest BCUT2D eigenvalue weighted by Gasteiger charge is 2.21. The second-order valence-corrected chi connectivity index (χ2v) is 8.74. The number of methoxy groups -OCH3 is 1. The molecule has 0 saturated carbocycles. The lowest BCUT2D eigenvalue weighted by Gasteiger charge is -2.22. The second kappa shape index (κ2) is 14.6. The van der Waals surface area contributed by atoms with E-state index >= 15 is 0 Å². The first-order valence-electron chi connectivity index (χ1n) is 11.0. The molecule has 0 fully saturated rings. The molecule has 2 aromatic rings. The molecule has 0 unspecified atom stereocenters. The van der Waals surface area contributed by atoms with E-state index in [1.807, 2.05) is 0 Å². The van der Waals surface area contributed by atoms with E-state index in [4.69, 9.17) is 16.3 Å². The number of ether oxygens (including phenoxy) is 1. The van der Waals surface area contributed by atoms with E-state index in [2.05, 4.69) is 22.5 Å². The van der Waals surface area contributed by atoms with E-state index in [-0.39, 0.29) is 37.9 Å². The molecule has 0 aliphatic heterocycles. The molecule has 10 heteroatoms. The van der Waals surface area contributed by atoms with E-state index in [0.717, 1.165) is 25.7 Å². The monoisotopic (exact) mass is 494 g/mol. The Morgan fingerprint density at radius 1 is 1.15 bits per heavy atom. The molecule has 2 N–H and O–H groups in total. The fourth-order valence-electron chi connectivity index (χ4n) is 3.04. The van der Waals surface area contributed by atoms with Crippen molar-refractivity contribution in [2.24, 2.45) is 0 Å². The van der Waals surface area contributed by atoms with Gasteiger partial charge in [0.2, 0.25) is 11.8 Å². The number of amides is 3. The number of hydrogen-bond donors (Lipinski definition) is 2. The SMILES string of the molecule is CCCCCCNC(=O)Cc1csc(NC(=O)CN(CCOC)C(=O)c2ccccc2Cl)n1. The molecule has 0 radical (unpaired) electrons. The third kappa shape index (κ3) is 9.49. The second-order valence-electron chi connectivity index (χ2n) is 7.48. The Balaban J connectivity index is 1.88. The van der Waals surface area contributed by atoms with Gasteiger partial charge >= 0.3 is 0 Å². The van der Waals surface area contributed by atoms with Crippen LogP contribution in [0.5, 0.6) is 0 Å². The minimum atomic E-state index is -0.396. The lowest BCUT2D eigenvalue weighted by Crippen LogP contribution is -2.40. The van der Waals surface area contributed by atoms with Crippen LogP contribution in [0, 0.1) is 0 Å². The van der Waals surface area contributed by atoms with E-state index in [1.165, 1.54) is 23.3 Å². The molecule has 1 heterocycles. The van der Waals surface area contributed by atoms with Crippen LogP contribution in [-0.4, -0.2) is 61.0 Å². The minimum Gasteiger partial charge on any atom is -0.383 e. The maximum atomic E-state index is 12.9. The molecular formula is C23H31ClN4O4S. The topological polar surface area (TPSA) is 101 Å². The van der Waals surface area contributed by atoms with Crippen molar-refractivity contribution < 1.29 is 19.1 Å². The summed E-state index contributed by atoms with van der Waals surface area (Å²) in [4.78, 5) is 43.2. The van der Waals surface area contributed by atoms with Gasteiger partial charge < -0.3 is 20.3 Å². The maximum absolute atomic E-state index is 12.9. The van der Waals surface area contributed by atoms with Crippen molar-refractivity contribution in [1.29, 1.82) is 0 Å². The van der Waals surface area contributed by atoms with Gasteiger partial charge in [0.15, 0.2) is 5.13 Å². The van der Waals surface area contributed by atoms with Gasteiger partial charge in [-0.05, 0) is 18.6 Å². The van der Waals surface area contributed by atoms with Crippen molar-refractivity contribution in [3.8, 4) is 0 Å². The molecule has 0 spiro atoms. The van der Waals surface area contributed by atoms with Crippen molar-refractivity contribution >= 4 is 45.8 Å². The molecule has 0 aliphatic rings. The average Bonchev–Trinajstić information content (AvgIpc) is 3.22. The quantitative estimate of drug-likeness (QED) is 0.389. The van der Waals surface area contributed by atoms with E-state index in [0.29, 0.717) is 28.0 Å². The molecule has 1 aromatic carbocycles. The average molecular weight is 495 g/mol. The van der Waals surface area contributed by atoms with Gasteiger partial charge in [-0.3, -0.25) is 14.4 Å². The van der Waals surface area contributed by atoms with Crippen LogP contribution in [0.4, 0.5) is 5.13 Å². The molecule has 0 saturated heterocycles. The van der Waals surface area contributed by atoms with Gasteiger partial charge in [0.25, 0.3) is 5.91 Å². The van der Waals surface area contributed by atoms with Crippen molar-refractivity contribution in [2.45, 2.75) is 39.0 Å². The largest absolute Gasteiger partial charge is 0.383 e. The number of carbonyl (C=O) groups is 3. The predicted octanol–water partition coefficient (Wildman–Crippen LogP) is 3.76. The fraction of sp³-hybridized carbons (Fsp3) is 0.478. The Bertz CT molecular complexity index is 921. The molecule has 33 heavy (non-hydrogen) atoms. The van der Waals surface area contributed by atoms with Gasteiger partial charge in [-0.1, -0.05) is 49.9 Å². The Morgan fingerprint density at radius 2 is 1.94 bits per heavy atom. The summed E-state index contributed by atoms with van der Waals surface area (Å²) < 4.78 is 5.07. The third-order valence-electron chi connectivity index (χ3n) is 4.78. The zero-order valence-corrected chi connectivity index (χ0v) is 20.6. The smallest absolute Gasteiger partial charge is 0.255 e. The van der Waals surface area contributed by atoms with E-state index in [1.54, 1.807) is 29.6 Å². The van der Waals surface area contributed by atoms with Crippen LogP contribution in [0.3, 0.4) is 0 Å². The van der Waals surface area contributed by atoms with Crippen LogP contribution in [0.1, 0.15) is 48.7 Å². The van der Waals surface area contributed by atoms with Crippen LogP contribution < -0.4 is 10.6 Å². The summed E-state index contributed by atoms with van der Waals surface area (Å²) in [5.41, 5.74) is 0.907. The number of anilines is 1. The summed E-state index contributed by atoms with van der Waals surface area (Å²) in [6.45, 7) is 3.13. The number of benzene rings is 1. The first kappa shape index (κ1) is 26.8. The first-order chi connectivity index (χ1) is 15.9. The number of aromatic nitrogens is 1. The van der Waals surface area contributed by atoms with Crippen molar-refractivity contribution in [3.63, 3.8) is 0 Å². The van der Waals surface area contributed by atoms with Gasteiger partial charge in [0.05, 0.1) is 29.3 Å². The van der Waals surface area contributed by atoms with Crippen molar-refractivity contribution in [3.05, 3.63) is 45.9 Å². The van der Waals surface area contributed by atoms with Crippen LogP contribution >= 0.6 is 22.9 Å². The summed E-state index contributed by atoms with van der Waals surface area (Å²) >= 11 is 7.38. The minimum absolute atomic E-state index is 0.0919. The van der Waals surface area contributed by atoms with Gasteiger partial charge in [-0.15, -0.1) is 11.3 Å². The summed E-state index contributed by atoms with van der Waals surface area (Å²) in [5, 5.41) is 8.02. The molecule has 0 atom stereocenters. The summed E-state index contributed by atoms with van der Waals surface area (Å²) in [7, 11) is 1.52. The standard InChI is InChI=1S/C23H31ClN4O4S/c1-3-4-5-8-11-25-20(29)14-17-16-33-23(26-17)27-21(30)15-28(12-13-32-2)22(31)18-9-6-7-10-19(18)24/h6-7,9-10,16H,3-5,8,11-15H2,1-2H3,(H,25,29)(H,26,27,30). The maximum Gasteiger partial charge on any atom is 0.255 e. The highest BCUT2D eigenvalue weighted by Crippen LogP contribution is 2.18. The highest BCUT2D eigenvalue weighted by molar-refractivity contribution is 7.13. The number of halogens is 1. The molecule has 1 aromatic heterocycles. The predicted molar refractivity (Wildman–Crippen MR) is 131 cm³/mol. The van der Waals surface area contributed by atoms with Gasteiger partial charge in [-0.2, -0.15) is 0 Å². The zero-order valence-electron chi connectivity index (χ0n) is 19.1. The van der Waals surface area contributed by atoms with Gasteiger partial charge in [0, 0.05) is 25.6 Å². The molecule has 0 aliphatic carbocycles. The summed E-state index contributed by atoms with van der Waals surface area (Å²) in [6.07, 6.45) is 4.54. The van der Waals surface area contributed by atoms with E-state index in [9.17, 15) is 14.4 Å². The number of carbonyl (C=O) groups excluding carboxylic acids is 3. The Kier molecular flexibility index (Phi) is 11.9. The normalized spacial score (nSPS) is 10.6. The Hall–Kier alpha value is -2.49. The number of thiazole rings is 1. The molecule has 3 amide bonds. The van der Waals surface area contributed by atoms with Gasteiger partial charge in [0.1, 0.15) is 6.54 Å². The number of nitrogens with one attached hydrogen (secondary N) is 2. The Morgan fingerprint density at radius 3 is 2.67 bits per heavy atom. The highest BCUT2D eigenvalue weighted by atomic mass is 35.5. The van der Waals surface area contributed by atoms with Crippen molar-refractivity contribution in [1.82, 2.24) is 15.2 Å². The molecular weight excluding hydrogens is 464 g/mol. The lowest BCUT2D eigenvalue weighted by molar-refractivity contribution is -0.120. The van der Waals surface area contributed by atoms with Crippen LogP contribution in [0.15, 0.2) is 29.6 Å². The number of rotatable bonds is 14. The van der Waals surface area contributed by atoms with Crippen LogP contribution in [0.25, 0.3) is 0 Å². The van der Waals surface area contributed by atoms with E-state index < -0.39 is 5.91 Å². The summed E-state index contributed by atoms with van der Waals surface area (Å²) in [5.74, 6) is -0.846. The first-order valence-corrected chi connectivity index (χ1v) is 12.2. The van der Waals surface area contributed by atoms with Crippen LogP contribution in [0.2, 0.25) is 5.02 Å². The number of unbranched alkanes of at least 4 members (excludes halogenated alkanes) is 3. The lowest BCUT2D eigenvalue weighted by atomic mass is 10.2. The Labute approximate surface area is 203 Å². The molecule has 0 bridgehead atoms. The fourth-order valence-corrected chi connectivity index (χ4v) is 3.99. The number of nitrogens with zero attached hydrogens (tertiary/aromatic N) is 2. The van der Waals surface area contributed by atoms with Gasteiger partial charge in [-0.25, -0.2) is 4.98 Å².